The summed E-state index contributed by atoms with van der Waals surface area (Å²) in [6.07, 6.45) is 0. The number of fused-ring (bicyclic) bond motifs is 1. The van der Waals surface area contributed by atoms with Crippen molar-refractivity contribution in [2.75, 3.05) is 5.32 Å². The number of hydrogen-bond acceptors (Lipinski definition) is 4. The summed E-state index contributed by atoms with van der Waals surface area (Å²) in [5.74, 6) is 0.796. The zero-order chi connectivity index (χ0) is 14.9. The molecule has 22 heavy (non-hydrogen) atoms. The monoisotopic (exact) mass is 323 g/mol. The Balaban J connectivity index is 1.67. The van der Waals surface area contributed by atoms with E-state index in [9.17, 15) is 0 Å². The van der Waals surface area contributed by atoms with Gasteiger partial charge < -0.3 is 5.32 Å². The van der Waals surface area contributed by atoms with E-state index in [1.54, 1.807) is 11.3 Å². The molecule has 2 aromatic heterocycles. The van der Waals surface area contributed by atoms with Crippen LogP contribution < -0.4 is 5.32 Å². The molecule has 2 N–H and O–H groups in total. The van der Waals surface area contributed by atoms with Gasteiger partial charge in [0.15, 0.2) is 5.82 Å². The first-order valence-electron chi connectivity index (χ1n) is 6.88. The number of hydrogen-bond donors (Lipinski definition) is 3. The third-order valence-corrected chi connectivity index (χ3v) is 4.71. The van der Waals surface area contributed by atoms with E-state index in [1.165, 1.54) is 15.6 Å². The molecule has 0 saturated heterocycles. The van der Waals surface area contributed by atoms with E-state index in [4.69, 9.17) is 0 Å². The lowest BCUT2D eigenvalue weighted by Gasteiger charge is -2.02. The number of rotatable bonds is 3. The second kappa shape index (κ2) is 5.51. The highest BCUT2D eigenvalue weighted by Gasteiger charge is 2.09. The van der Waals surface area contributed by atoms with Gasteiger partial charge in [-0.15, -0.1) is 24.0 Å². The fraction of sp³-hybridized carbons (Fsp3) is 0. The van der Waals surface area contributed by atoms with Gasteiger partial charge in [-0.05, 0) is 24.3 Å². The lowest BCUT2D eigenvalue weighted by Crippen LogP contribution is -1.89. The predicted molar refractivity (Wildman–Crippen MR) is 96.4 cm³/mol. The molecule has 2 heterocycles. The van der Waals surface area contributed by atoms with Crippen LogP contribution in [0.5, 0.6) is 0 Å². The van der Waals surface area contributed by atoms with E-state index < -0.39 is 0 Å². The van der Waals surface area contributed by atoms with E-state index in [2.05, 4.69) is 57.8 Å². The van der Waals surface area contributed by atoms with Crippen molar-refractivity contribution >= 4 is 45.6 Å². The van der Waals surface area contributed by atoms with Gasteiger partial charge in [-0.25, -0.2) is 0 Å². The summed E-state index contributed by atoms with van der Waals surface area (Å²) in [5.41, 5.74) is 3.17. The molecule has 0 atom stereocenters. The number of nitrogens with zero attached hydrogens (tertiary/aromatic N) is 1. The van der Waals surface area contributed by atoms with Crippen molar-refractivity contribution in [3.05, 3.63) is 60.0 Å². The number of nitrogens with one attached hydrogen (secondary N) is 2. The van der Waals surface area contributed by atoms with Crippen LogP contribution in [-0.4, -0.2) is 10.2 Å². The molecule has 0 unspecified atom stereocenters. The maximum atomic E-state index is 4.35. The highest BCUT2D eigenvalue weighted by molar-refractivity contribution is 7.80. The van der Waals surface area contributed by atoms with Crippen molar-refractivity contribution in [1.82, 2.24) is 10.2 Å². The van der Waals surface area contributed by atoms with E-state index in [0.29, 0.717) is 0 Å². The average molecular weight is 323 g/mol. The van der Waals surface area contributed by atoms with E-state index >= 15 is 0 Å². The molecule has 0 aliphatic heterocycles. The molecule has 0 aliphatic carbocycles. The molecule has 0 aliphatic rings. The minimum atomic E-state index is 0.796. The fourth-order valence-electron chi connectivity index (χ4n) is 2.44. The van der Waals surface area contributed by atoms with Crippen molar-refractivity contribution in [3.63, 3.8) is 0 Å². The first-order valence-corrected chi connectivity index (χ1v) is 8.20. The maximum absolute atomic E-state index is 4.35. The molecule has 0 bridgehead atoms. The maximum Gasteiger partial charge on any atom is 0.152 e. The number of aromatic nitrogens is 2. The van der Waals surface area contributed by atoms with E-state index in [0.717, 1.165) is 22.1 Å². The summed E-state index contributed by atoms with van der Waals surface area (Å²) in [5, 5.41) is 14.2. The summed E-state index contributed by atoms with van der Waals surface area (Å²) in [6.45, 7) is 0. The normalized spacial score (nSPS) is 11.0. The van der Waals surface area contributed by atoms with Crippen LogP contribution in [0.3, 0.4) is 0 Å². The number of thiophene rings is 1. The van der Waals surface area contributed by atoms with Crippen LogP contribution in [0.2, 0.25) is 0 Å². The highest BCUT2D eigenvalue weighted by Crippen LogP contribution is 2.33. The topological polar surface area (TPSA) is 40.7 Å². The van der Waals surface area contributed by atoms with Gasteiger partial charge in [-0.1, -0.05) is 24.3 Å². The van der Waals surface area contributed by atoms with E-state index in [-0.39, 0.29) is 0 Å². The van der Waals surface area contributed by atoms with E-state index in [1.807, 2.05) is 30.3 Å². The van der Waals surface area contributed by atoms with Gasteiger partial charge >= 0.3 is 0 Å². The molecule has 0 fully saturated rings. The number of benzene rings is 2. The average Bonchev–Trinajstić information content (AvgIpc) is 3.13. The number of anilines is 2. The van der Waals surface area contributed by atoms with Gasteiger partial charge in [0.2, 0.25) is 0 Å². The zero-order valence-corrected chi connectivity index (χ0v) is 13.3. The van der Waals surface area contributed by atoms with Crippen LogP contribution in [0.1, 0.15) is 0 Å². The third kappa shape index (κ3) is 2.49. The SMILES string of the molecule is Sc1cccc(Nc2cc(-c3csc4ccccc34)[nH]n2)c1. The van der Waals surface area contributed by atoms with Gasteiger partial charge in [0.25, 0.3) is 0 Å². The summed E-state index contributed by atoms with van der Waals surface area (Å²) in [6, 6.07) is 18.3. The minimum absolute atomic E-state index is 0.796. The highest BCUT2D eigenvalue weighted by atomic mass is 32.1. The Bertz CT molecular complexity index is 940. The van der Waals surface area contributed by atoms with Crippen molar-refractivity contribution in [3.8, 4) is 11.3 Å². The van der Waals surface area contributed by atoms with Crippen LogP contribution in [0.25, 0.3) is 21.3 Å². The molecule has 0 amide bonds. The lowest BCUT2D eigenvalue weighted by molar-refractivity contribution is 1.10. The summed E-state index contributed by atoms with van der Waals surface area (Å²) < 4.78 is 1.28. The van der Waals surface area contributed by atoms with Gasteiger partial charge in [0, 0.05) is 37.7 Å². The van der Waals surface area contributed by atoms with Crippen LogP contribution in [0, 0.1) is 0 Å². The molecular weight excluding hydrogens is 310 g/mol. The Kier molecular flexibility index (Phi) is 3.36. The van der Waals surface area contributed by atoms with Crippen molar-refractivity contribution in [2.45, 2.75) is 4.90 Å². The molecular formula is C17H13N3S2. The first kappa shape index (κ1) is 13.4. The summed E-state index contributed by atoms with van der Waals surface area (Å²) >= 11 is 6.09. The fourth-order valence-corrected chi connectivity index (χ4v) is 3.63. The van der Waals surface area contributed by atoms with Gasteiger partial charge in [-0.2, -0.15) is 5.10 Å². The second-order valence-electron chi connectivity index (χ2n) is 4.99. The summed E-state index contributed by atoms with van der Waals surface area (Å²) in [7, 11) is 0. The van der Waals surface area contributed by atoms with Crippen molar-refractivity contribution in [2.24, 2.45) is 0 Å². The largest absolute Gasteiger partial charge is 0.339 e. The predicted octanol–water partition coefficient (Wildman–Crippen LogP) is 5.32. The smallest absolute Gasteiger partial charge is 0.152 e. The molecule has 0 radical (unpaired) electrons. The zero-order valence-electron chi connectivity index (χ0n) is 11.6. The second-order valence-corrected chi connectivity index (χ2v) is 6.42. The molecule has 4 rings (SSSR count). The Labute approximate surface area is 137 Å². The molecule has 2 aromatic carbocycles. The van der Waals surface area contributed by atoms with Gasteiger partial charge in [0.05, 0.1) is 5.69 Å². The number of aromatic amines is 1. The lowest BCUT2D eigenvalue weighted by atomic mass is 10.1. The van der Waals surface area contributed by atoms with Crippen LogP contribution in [0.4, 0.5) is 11.5 Å². The quantitative estimate of drug-likeness (QED) is 0.446. The third-order valence-electron chi connectivity index (χ3n) is 3.47. The Morgan fingerprint density at radius 1 is 1.05 bits per heavy atom. The van der Waals surface area contributed by atoms with Crippen molar-refractivity contribution in [1.29, 1.82) is 0 Å². The molecule has 0 spiro atoms. The Morgan fingerprint density at radius 2 is 1.95 bits per heavy atom. The van der Waals surface area contributed by atoms with Gasteiger partial charge in [-0.3, -0.25) is 5.10 Å². The molecule has 5 heteroatoms. The molecule has 4 aromatic rings. The summed E-state index contributed by atoms with van der Waals surface area (Å²) in [4.78, 5) is 0.921. The number of thiol groups is 1. The van der Waals surface area contributed by atoms with Crippen LogP contribution in [-0.2, 0) is 0 Å². The van der Waals surface area contributed by atoms with Crippen molar-refractivity contribution < 1.29 is 0 Å². The molecule has 3 nitrogen and oxygen atoms in total. The van der Waals surface area contributed by atoms with Crippen LogP contribution in [0.15, 0.2) is 64.9 Å². The molecule has 108 valence electrons. The standard InChI is InChI=1S/C17H13N3S2/c21-12-5-3-4-11(8-12)18-17-9-15(19-20-17)14-10-22-16-7-2-1-6-13(14)16/h1-10,21H,(H2,18,19,20). The number of H-pyrrole nitrogens is 1. The Morgan fingerprint density at radius 3 is 2.86 bits per heavy atom. The minimum Gasteiger partial charge on any atom is -0.339 e. The Hall–Kier alpha value is -2.24. The first-order chi connectivity index (χ1) is 10.8. The van der Waals surface area contributed by atoms with Crippen LogP contribution >= 0.6 is 24.0 Å². The molecule has 0 saturated carbocycles. The van der Waals surface area contributed by atoms with Gasteiger partial charge in [0.1, 0.15) is 0 Å².